The van der Waals surface area contributed by atoms with E-state index in [-0.39, 0.29) is 61.2 Å². The predicted molar refractivity (Wildman–Crippen MR) is 201 cm³/mol. The Morgan fingerprint density at radius 1 is 0.667 bits per heavy atom. The molecule has 0 saturated heterocycles. The zero-order valence-electron chi connectivity index (χ0n) is 28.0. The normalized spacial score (nSPS) is 14.4. The smallest absolute Gasteiger partial charge is 0.327 e. The number of unbranched alkanes of at least 4 members (excludes halogenated alkanes) is 1. The summed E-state index contributed by atoms with van der Waals surface area (Å²) in [5.41, 5.74) is 22.7. The number of aliphatic carboxylic acids is 1. The molecule has 51 heavy (non-hydrogen) atoms. The maximum Gasteiger partial charge on any atom is 0.327 e. The largest absolute Gasteiger partial charge is 0.508 e. The van der Waals surface area contributed by atoms with Gasteiger partial charge >= 0.3 is 5.97 Å². The monoisotopic (exact) mass is 774 g/mol. The van der Waals surface area contributed by atoms with Crippen LogP contribution in [0.5, 0.6) is 5.75 Å². The van der Waals surface area contributed by atoms with E-state index in [1.165, 1.54) is 12.1 Å². The number of nitrogens with two attached hydrogens (primary N) is 4. The van der Waals surface area contributed by atoms with E-state index in [0.717, 1.165) is 0 Å². The number of carbonyl (C=O) groups excluding carboxylic acids is 5. The van der Waals surface area contributed by atoms with Crippen molar-refractivity contribution in [2.45, 2.75) is 74.8 Å². The third kappa shape index (κ3) is 17.2. The van der Waals surface area contributed by atoms with Crippen molar-refractivity contribution < 1.29 is 39.0 Å². The lowest BCUT2D eigenvalue weighted by Crippen LogP contribution is -2.60. The zero-order valence-corrected chi connectivity index (χ0v) is 30.7. The number of benzene rings is 1. The van der Waals surface area contributed by atoms with Crippen LogP contribution in [0.2, 0.25) is 0 Å². The van der Waals surface area contributed by atoms with Gasteiger partial charge in [-0.2, -0.15) is 37.9 Å². The molecular formula is C30H50N10O8S3. The van der Waals surface area contributed by atoms with Gasteiger partial charge in [-0.05, 0) is 56.3 Å². The van der Waals surface area contributed by atoms with E-state index in [4.69, 9.17) is 22.9 Å². The molecule has 0 aliphatic carbocycles. The molecule has 6 unspecified atom stereocenters. The van der Waals surface area contributed by atoms with Crippen LogP contribution in [-0.2, 0) is 35.2 Å². The van der Waals surface area contributed by atoms with Gasteiger partial charge in [0.25, 0.3) is 0 Å². The fourth-order valence-electron chi connectivity index (χ4n) is 4.44. The van der Waals surface area contributed by atoms with Crippen LogP contribution >= 0.6 is 37.9 Å². The number of hydrogen-bond donors (Lipinski definition) is 14. The highest BCUT2D eigenvalue weighted by Gasteiger charge is 2.32. The third-order valence-corrected chi connectivity index (χ3v) is 8.44. The molecule has 5 amide bonds. The summed E-state index contributed by atoms with van der Waals surface area (Å²) in [5, 5.41) is 31.6. The SMILES string of the molecule is NCCCCC(NC(=O)C(CS)NC(=O)C(Cc1ccc(O)cc1)NC(=O)C(N)CS)C(=O)NC(CCCN=C(N)N)C(=O)NC(CS)C(=O)O. The first-order valence-electron chi connectivity index (χ1n) is 16.0. The molecule has 0 bridgehead atoms. The van der Waals surface area contributed by atoms with Crippen LogP contribution in [0.25, 0.3) is 0 Å². The zero-order chi connectivity index (χ0) is 38.5. The summed E-state index contributed by atoms with van der Waals surface area (Å²) >= 11 is 12.2. The third-order valence-electron chi connectivity index (χ3n) is 7.31. The molecule has 0 aromatic heterocycles. The Morgan fingerprint density at radius 2 is 1.14 bits per heavy atom. The molecule has 0 saturated carbocycles. The highest BCUT2D eigenvalue weighted by molar-refractivity contribution is 7.80. The maximum atomic E-state index is 13.6. The summed E-state index contributed by atoms with van der Waals surface area (Å²) in [7, 11) is 0. The molecular weight excluding hydrogens is 725 g/mol. The summed E-state index contributed by atoms with van der Waals surface area (Å²) < 4.78 is 0. The first-order valence-corrected chi connectivity index (χ1v) is 17.9. The van der Waals surface area contributed by atoms with Gasteiger partial charge in [0.05, 0.1) is 6.04 Å². The maximum absolute atomic E-state index is 13.6. The van der Waals surface area contributed by atoms with Crippen molar-refractivity contribution in [3.05, 3.63) is 29.8 Å². The van der Waals surface area contributed by atoms with Crippen molar-refractivity contribution in [3.8, 4) is 5.75 Å². The minimum absolute atomic E-state index is 0.00208. The number of guanidine groups is 1. The quantitative estimate of drug-likeness (QED) is 0.0213. The lowest BCUT2D eigenvalue weighted by molar-refractivity contribution is -0.141. The average molecular weight is 775 g/mol. The second-order valence-electron chi connectivity index (χ2n) is 11.4. The van der Waals surface area contributed by atoms with Crippen molar-refractivity contribution in [2.75, 3.05) is 30.3 Å². The summed E-state index contributed by atoms with van der Waals surface area (Å²) in [6.07, 6.45) is 1.22. The van der Waals surface area contributed by atoms with Crippen molar-refractivity contribution >= 4 is 79.4 Å². The molecule has 21 heteroatoms. The minimum atomic E-state index is -1.34. The van der Waals surface area contributed by atoms with Gasteiger partial charge in [0.1, 0.15) is 36.0 Å². The fraction of sp³-hybridized carbons (Fsp3) is 0.567. The Labute approximate surface area is 312 Å². The molecule has 0 heterocycles. The van der Waals surface area contributed by atoms with E-state index in [1.807, 2.05) is 0 Å². The fourth-order valence-corrected chi connectivity index (χ4v) is 5.11. The molecule has 0 fully saturated rings. The van der Waals surface area contributed by atoms with Crippen molar-refractivity contribution in [1.82, 2.24) is 26.6 Å². The highest BCUT2D eigenvalue weighted by Crippen LogP contribution is 2.12. The molecule has 0 radical (unpaired) electrons. The number of hydrogen-bond acceptors (Lipinski definition) is 13. The molecule has 1 aromatic rings. The standard InChI is InChI=1S/C30H50N10O8S3/c31-10-2-1-4-19(25(43)36-20(5-3-11-35-30(33)34)26(44)40-23(15-51)29(47)48)37-28(46)22(14-50)39-27(45)21(38-24(42)18(32)13-49)12-16-6-8-17(41)9-7-16/h6-9,18-23,41,49-51H,1-5,10-15,31-32H2,(H,36,43)(H,37,46)(H,38,42)(H,39,45)(H,40,44)(H,47,48)(H4,33,34,35). The summed E-state index contributed by atoms with van der Waals surface area (Å²) in [5.74, 6) is -5.70. The number of carboxylic acids is 1. The Bertz CT molecular complexity index is 1340. The number of amides is 5. The summed E-state index contributed by atoms with van der Waals surface area (Å²) in [4.78, 5) is 81.6. The van der Waals surface area contributed by atoms with E-state index < -0.39 is 71.8 Å². The first-order chi connectivity index (χ1) is 24.2. The summed E-state index contributed by atoms with van der Waals surface area (Å²) in [6, 6.07) is -1.36. The van der Waals surface area contributed by atoms with Crippen LogP contribution in [-0.4, -0.2) is 118 Å². The van der Waals surface area contributed by atoms with Gasteiger partial charge in [-0.3, -0.25) is 29.0 Å². The van der Waals surface area contributed by atoms with E-state index in [0.29, 0.717) is 24.9 Å². The van der Waals surface area contributed by atoms with E-state index in [1.54, 1.807) is 12.1 Å². The van der Waals surface area contributed by atoms with Crippen molar-refractivity contribution in [2.24, 2.45) is 27.9 Å². The van der Waals surface area contributed by atoms with Crippen LogP contribution in [0.15, 0.2) is 29.3 Å². The average Bonchev–Trinajstić information content (AvgIpc) is 3.09. The van der Waals surface area contributed by atoms with Crippen molar-refractivity contribution in [1.29, 1.82) is 0 Å². The number of aromatic hydroxyl groups is 1. The molecule has 1 aromatic carbocycles. The van der Waals surface area contributed by atoms with Crippen LogP contribution < -0.4 is 49.5 Å². The van der Waals surface area contributed by atoms with Gasteiger partial charge in [0, 0.05) is 30.2 Å². The van der Waals surface area contributed by atoms with Gasteiger partial charge in [0.2, 0.25) is 29.5 Å². The molecule has 6 atom stereocenters. The Kier molecular flexibility index (Phi) is 21.5. The van der Waals surface area contributed by atoms with Crippen molar-refractivity contribution in [3.63, 3.8) is 0 Å². The lowest BCUT2D eigenvalue weighted by atomic mass is 10.0. The number of thiol groups is 3. The Morgan fingerprint density at radius 3 is 1.63 bits per heavy atom. The van der Waals surface area contributed by atoms with Gasteiger partial charge in [-0.15, -0.1) is 0 Å². The van der Waals surface area contributed by atoms with Gasteiger partial charge < -0.3 is 59.7 Å². The predicted octanol–water partition coefficient (Wildman–Crippen LogP) is -3.26. The van der Waals surface area contributed by atoms with Gasteiger partial charge in [-0.25, -0.2) is 4.79 Å². The Balaban J connectivity index is 3.22. The molecule has 0 aliphatic heterocycles. The minimum Gasteiger partial charge on any atom is -0.508 e. The van der Waals surface area contributed by atoms with E-state index in [2.05, 4.69) is 69.5 Å². The van der Waals surface area contributed by atoms with Crippen LogP contribution in [0.3, 0.4) is 0 Å². The highest BCUT2D eigenvalue weighted by atomic mass is 32.1. The van der Waals surface area contributed by atoms with Crippen LogP contribution in [0.4, 0.5) is 0 Å². The number of nitrogens with zero attached hydrogens (tertiary/aromatic N) is 1. The molecule has 0 aliphatic rings. The topological polar surface area (TPSA) is 319 Å². The number of nitrogens with one attached hydrogen (secondary N) is 5. The number of carboxylic acid groups (broad SMARTS) is 1. The van der Waals surface area contributed by atoms with Crippen LogP contribution in [0.1, 0.15) is 37.7 Å². The number of phenolic OH excluding ortho intramolecular Hbond substituents is 1. The van der Waals surface area contributed by atoms with Crippen LogP contribution in [0, 0.1) is 0 Å². The number of carbonyl (C=O) groups is 6. The number of rotatable bonds is 24. The number of phenols is 1. The van der Waals surface area contributed by atoms with Gasteiger partial charge in [-0.1, -0.05) is 12.1 Å². The molecule has 286 valence electrons. The molecule has 0 spiro atoms. The molecule has 15 N–H and O–H groups in total. The van der Waals surface area contributed by atoms with E-state index >= 15 is 0 Å². The molecule has 18 nitrogen and oxygen atoms in total. The number of aliphatic imine (C=N–C) groups is 1. The summed E-state index contributed by atoms with van der Waals surface area (Å²) in [6.45, 7) is 0.421. The van der Waals surface area contributed by atoms with E-state index in [9.17, 15) is 39.0 Å². The molecule has 1 rings (SSSR count). The lowest BCUT2D eigenvalue weighted by Gasteiger charge is -2.26. The van der Waals surface area contributed by atoms with Gasteiger partial charge in [0.15, 0.2) is 5.96 Å². The second-order valence-corrected chi connectivity index (χ2v) is 12.5. The second kappa shape index (κ2) is 24.3. The Hall–Kier alpha value is -3.92. The first kappa shape index (κ1) is 45.1.